The van der Waals surface area contributed by atoms with Gasteiger partial charge in [0, 0.05) is 53.3 Å². The number of hydrogen-bond acceptors (Lipinski definition) is 6. The summed E-state index contributed by atoms with van der Waals surface area (Å²) < 4.78 is 26.9. The van der Waals surface area contributed by atoms with Crippen LogP contribution in [-0.2, 0) is 14.3 Å². The smallest absolute Gasteiger partial charge is 0.331 e. The van der Waals surface area contributed by atoms with E-state index in [9.17, 15) is 9.59 Å². The van der Waals surface area contributed by atoms with Gasteiger partial charge in [0.1, 0.15) is 5.82 Å². The molecule has 0 radical (unpaired) electrons. The Kier molecular flexibility index (Phi) is 10.9. The molecular weight excluding hydrogens is 578 g/mol. The third kappa shape index (κ3) is 8.34. The summed E-state index contributed by atoms with van der Waals surface area (Å²) in [5.41, 5.74) is 1.56. The molecule has 1 amide bonds. The minimum Gasteiger partial charge on any atom is -0.478 e. The van der Waals surface area contributed by atoms with Gasteiger partial charge in [0.25, 0.3) is 5.91 Å². The number of amides is 1. The van der Waals surface area contributed by atoms with E-state index in [0.29, 0.717) is 36.5 Å². The first-order valence-electron chi connectivity index (χ1n) is 12.4. The van der Waals surface area contributed by atoms with E-state index in [1.807, 2.05) is 0 Å². The number of nitrogens with zero attached hydrogens (tertiary/aromatic N) is 1. The summed E-state index contributed by atoms with van der Waals surface area (Å²) in [6.45, 7) is 8.67. The number of hydrogen-bond donors (Lipinski definition) is 2. The van der Waals surface area contributed by atoms with Crippen molar-refractivity contribution in [1.82, 2.24) is 4.98 Å². The molecule has 0 saturated carbocycles. The highest BCUT2D eigenvalue weighted by molar-refractivity contribution is 7.14. The molecule has 2 aromatic carbocycles. The van der Waals surface area contributed by atoms with Gasteiger partial charge in [0.05, 0.1) is 28.5 Å². The third-order valence-electron chi connectivity index (χ3n) is 5.76. The number of ether oxygens (including phenoxy) is 2. The molecule has 1 unspecified atom stereocenters. The molecule has 3 rings (SSSR count). The number of carboxylic acids is 1. The van der Waals surface area contributed by atoms with Crippen LogP contribution in [0.25, 0.3) is 17.3 Å². The maximum absolute atomic E-state index is 15.6. The van der Waals surface area contributed by atoms with E-state index in [1.165, 1.54) is 32.2 Å². The lowest BCUT2D eigenvalue weighted by atomic mass is 9.98. The predicted molar refractivity (Wildman–Crippen MR) is 158 cm³/mol. The van der Waals surface area contributed by atoms with Crippen molar-refractivity contribution in [2.24, 2.45) is 5.41 Å². The molecule has 40 heavy (non-hydrogen) atoms. The summed E-state index contributed by atoms with van der Waals surface area (Å²) in [6, 6.07) is 7.80. The number of halogens is 3. The Balaban J connectivity index is 1.75. The largest absolute Gasteiger partial charge is 0.478 e. The normalized spacial score (nSPS) is 12.8. The standard InChI is InChI=1S/C29H31Cl2FN2O5S/c1-16(27(36)37)11-20-21(30)12-17(13-22(20)31)26(35)34-28-33-23(14-40-28)18-7-6-8-19(25(18)32)24(38-5)9-10-39-15-29(2,3)4/h6-8,11-14,24H,9-10,15H2,1-5H3,(H,36,37)(H,33,34,35). The topological polar surface area (TPSA) is 97.8 Å². The van der Waals surface area contributed by atoms with Crippen LogP contribution in [0.4, 0.5) is 9.52 Å². The summed E-state index contributed by atoms with van der Waals surface area (Å²) in [5, 5.41) is 13.9. The molecule has 1 atom stereocenters. The van der Waals surface area contributed by atoms with Gasteiger partial charge < -0.3 is 14.6 Å². The van der Waals surface area contributed by atoms with Crippen molar-refractivity contribution in [1.29, 1.82) is 0 Å². The number of benzene rings is 2. The molecule has 0 aliphatic rings. The lowest BCUT2D eigenvalue weighted by molar-refractivity contribution is -0.132. The minimum absolute atomic E-state index is 0.0336. The van der Waals surface area contributed by atoms with E-state index in [2.05, 4.69) is 31.1 Å². The fourth-order valence-corrected chi connectivity index (χ4v) is 5.02. The number of carbonyl (C=O) groups is 2. The molecule has 1 heterocycles. The fraction of sp³-hybridized carbons (Fsp3) is 0.345. The van der Waals surface area contributed by atoms with Gasteiger partial charge in [-0.2, -0.15) is 0 Å². The highest BCUT2D eigenvalue weighted by Crippen LogP contribution is 2.33. The van der Waals surface area contributed by atoms with Crippen LogP contribution in [0.5, 0.6) is 0 Å². The second-order valence-electron chi connectivity index (χ2n) is 10.3. The van der Waals surface area contributed by atoms with Crippen molar-refractivity contribution in [2.45, 2.75) is 40.2 Å². The minimum atomic E-state index is -1.11. The summed E-state index contributed by atoms with van der Waals surface area (Å²) in [7, 11) is 1.53. The average molecular weight is 610 g/mol. The summed E-state index contributed by atoms with van der Waals surface area (Å²) in [6.07, 6.45) is 1.32. The van der Waals surface area contributed by atoms with Crippen molar-refractivity contribution >= 4 is 57.6 Å². The lowest BCUT2D eigenvalue weighted by Crippen LogP contribution is -2.16. The van der Waals surface area contributed by atoms with Crippen LogP contribution in [0.1, 0.15) is 61.7 Å². The van der Waals surface area contributed by atoms with Crippen molar-refractivity contribution in [3.05, 3.63) is 73.8 Å². The number of rotatable bonds is 11. The fourth-order valence-electron chi connectivity index (χ4n) is 3.72. The van der Waals surface area contributed by atoms with Crippen LogP contribution in [0.2, 0.25) is 10.0 Å². The number of nitrogens with one attached hydrogen (secondary N) is 1. The first-order chi connectivity index (χ1) is 18.8. The predicted octanol–water partition coefficient (Wildman–Crippen LogP) is 8.14. The molecule has 0 saturated heterocycles. The first-order valence-corrected chi connectivity index (χ1v) is 14.0. The zero-order chi connectivity index (χ0) is 29.6. The molecule has 214 valence electrons. The first kappa shape index (κ1) is 31.7. The van der Waals surface area contributed by atoms with Crippen molar-refractivity contribution < 1.29 is 28.6 Å². The number of methoxy groups -OCH3 is 1. The molecule has 2 N–H and O–H groups in total. The Morgan fingerprint density at radius 2 is 1.90 bits per heavy atom. The lowest BCUT2D eigenvalue weighted by Gasteiger charge is -2.21. The molecule has 11 heteroatoms. The molecule has 0 aliphatic heterocycles. The van der Waals surface area contributed by atoms with Crippen molar-refractivity contribution in [3.63, 3.8) is 0 Å². The van der Waals surface area contributed by atoms with Crippen LogP contribution in [0.15, 0.2) is 41.3 Å². The third-order valence-corrected chi connectivity index (χ3v) is 7.14. The Morgan fingerprint density at radius 1 is 1.23 bits per heavy atom. The van der Waals surface area contributed by atoms with Gasteiger partial charge in [-0.1, -0.05) is 56.1 Å². The number of anilines is 1. The summed E-state index contributed by atoms with van der Waals surface area (Å²) >= 11 is 13.7. The van der Waals surface area contributed by atoms with Crippen LogP contribution in [-0.4, -0.2) is 42.3 Å². The second-order valence-corrected chi connectivity index (χ2v) is 12.0. The van der Waals surface area contributed by atoms with Gasteiger partial charge >= 0.3 is 5.97 Å². The number of thiazole rings is 1. The van der Waals surface area contributed by atoms with E-state index >= 15 is 4.39 Å². The van der Waals surface area contributed by atoms with Crippen LogP contribution < -0.4 is 5.32 Å². The second kappa shape index (κ2) is 13.7. The zero-order valence-electron chi connectivity index (χ0n) is 22.8. The van der Waals surface area contributed by atoms with E-state index in [1.54, 1.807) is 23.6 Å². The molecule has 0 spiro atoms. The number of aromatic nitrogens is 1. The van der Waals surface area contributed by atoms with E-state index in [4.69, 9.17) is 37.8 Å². The Morgan fingerprint density at radius 3 is 2.50 bits per heavy atom. The maximum Gasteiger partial charge on any atom is 0.331 e. The van der Waals surface area contributed by atoms with Crippen LogP contribution >= 0.6 is 34.5 Å². The van der Waals surface area contributed by atoms with Gasteiger partial charge in [-0.3, -0.25) is 10.1 Å². The van der Waals surface area contributed by atoms with E-state index < -0.39 is 23.8 Å². The highest BCUT2D eigenvalue weighted by atomic mass is 35.5. The Labute approximate surface area is 246 Å². The molecule has 3 aromatic rings. The zero-order valence-corrected chi connectivity index (χ0v) is 25.1. The van der Waals surface area contributed by atoms with Gasteiger partial charge in [0.2, 0.25) is 0 Å². The van der Waals surface area contributed by atoms with E-state index in [-0.39, 0.29) is 37.3 Å². The molecule has 0 bridgehead atoms. The summed E-state index contributed by atoms with van der Waals surface area (Å²) in [5.74, 6) is -2.09. The molecule has 0 aliphatic carbocycles. The monoisotopic (exact) mass is 608 g/mol. The highest BCUT2D eigenvalue weighted by Gasteiger charge is 2.21. The van der Waals surface area contributed by atoms with Crippen LogP contribution in [0, 0.1) is 11.2 Å². The van der Waals surface area contributed by atoms with Gasteiger partial charge in [-0.05, 0) is 36.6 Å². The van der Waals surface area contributed by atoms with Crippen LogP contribution in [0.3, 0.4) is 0 Å². The quantitative estimate of drug-likeness (QED) is 0.168. The molecule has 1 aromatic heterocycles. The average Bonchev–Trinajstić information content (AvgIpc) is 3.33. The maximum atomic E-state index is 15.6. The Hall–Kier alpha value is -2.82. The molecular formula is C29H31Cl2FN2O5S. The summed E-state index contributed by atoms with van der Waals surface area (Å²) in [4.78, 5) is 28.4. The molecule has 7 nitrogen and oxygen atoms in total. The van der Waals surface area contributed by atoms with E-state index in [0.717, 1.165) is 11.3 Å². The number of carbonyl (C=O) groups excluding carboxylic acids is 1. The van der Waals surface area contributed by atoms with Crippen molar-refractivity contribution in [2.75, 3.05) is 25.6 Å². The Bertz CT molecular complexity index is 1390. The molecule has 0 fully saturated rings. The van der Waals surface area contributed by atoms with Gasteiger partial charge in [-0.15, -0.1) is 11.3 Å². The van der Waals surface area contributed by atoms with Gasteiger partial charge in [-0.25, -0.2) is 14.2 Å². The SMILES string of the molecule is COC(CCOCC(C)(C)C)c1cccc(-c2csc(NC(=O)c3cc(Cl)c(C=C(C)C(=O)O)c(Cl)c3)n2)c1F. The van der Waals surface area contributed by atoms with Crippen molar-refractivity contribution in [3.8, 4) is 11.3 Å². The van der Waals surface area contributed by atoms with Gasteiger partial charge in [0.15, 0.2) is 5.13 Å². The number of carboxylic acid groups (broad SMARTS) is 1. The number of aliphatic carboxylic acids is 1.